The fourth-order valence-electron chi connectivity index (χ4n) is 2.60. The van der Waals surface area contributed by atoms with Crippen molar-refractivity contribution in [2.45, 2.75) is 38.6 Å². The molecule has 1 aromatic carbocycles. The molecule has 3 N–H and O–H groups in total. The maximum atomic E-state index is 8.77. The average molecular weight is 259 g/mol. The van der Waals surface area contributed by atoms with E-state index in [0.29, 0.717) is 0 Å². The molecule has 0 atom stereocenters. The van der Waals surface area contributed by atoms with Gasteiger partial charge in [0.1, 0.15) is 0 Å². The number of aryl methyl sites for hydroxylation is 1. The molecule has 0 amide bonds. The molecular weight excluding hydrogens is 238 g/mol. The molecule has 4 nitrogen and oxygen atoms in total. The quantitative estimate of drug-likeness (QED) is 0.369. The molecule has 2 aliphatic rings. The minimum Gasteiger partial charge on any atom is -0.409 e. The molecule has 0 radical (unpaired) electrons. The summed E-state index contributed by atoms with van der Waals surface area (Å²) >= 11 is 0. The van der Waals surface area contributed by atoms with Gasteiger partial charge in [0.05, 0.1) is 0 Å². The van der Waals surface area contributed by atoms with Crippen LogP contribution in [0.4, 0.5) is 5.69 Å². The first-order valence-electron chi connectivity index (χ1n) is 7.04. The highest BCUT2D eigenvalue weighted by atomic mass is 16.4. The van der Waals surface area contributed by atoms with Crippen molar-refractivity contribution in [2.75, 3.05) is 11.4 Å². The molecule has 0 saturated heterocycles. The topological polar surface area (TPSA) is 61.8 Å². The van der Waals surface area contributed by atoms with Gasteiger partial charge in [-0.25, -0.2) is 0 Å². The number of benzene rings is 1. The Balaban J connectivity index is 1.84. The standard InChI is InChI=1S/C15H21N3O/c1-10-8-13(6-7-14(10)15(16)17-19)18(12-4-5-12)9-11-2-3-11/h6-8,11-12,19H,2-5,9H2,1H3,(H2,16,17). The summed E-state index contributed by atoms with van der Waals surface area (Å²) in [6, 6.07) is 6.95. The molecule has 2 fully saturated rings. The summed E-state index contributed by atoms with van der Waals surface area (Å²) in [5, 5.41) is 11.8. The fourth-order valence-corrected chi connectivity index (χ4v) is 2.60. The maximum absolute atomic E-state index is 8.77. The second-order valence-corrected chi connectivity index (χ2v) is 5.81. The number of amidine groups is 1. The zero-order chi connectivity index (χ0) is 13.4. The number of nitrogens with zero attached hydrogens (tertiary/aromatic N) is 2. The van der Waals surface area contributed by atoms with E-state index >= 15 is 0 Å². The molecule has 0 aromatic heterocycles. The van der Waals surface area contributed by atoms with Crippen LogP contribution in [-0.4, -0.2) is 23.6 Å². The van der Waals surface area contributed by atoms with Gasteiger partial charge in [-0.1, -0.05) is 5.16 Å². The average Bonchev–Trinajstić information content (AvgIpc) is 3.27. The molecule has 102 valence electrons. The van der Waals surface area contributed by atoms with Crippen LogP contribution < -0.4 is 10.6 Å². The van der Waals surface area contributed by atoms with Crippen LogP contribution in [0.3, 0.4) is 0 Å². The van der Waals surface area contributed by atoms with Crippen molar-refractivity contribution in [3.8, 4) is 0 Å². The van der Waals surface area contributed by atoms with Gasteiger partial charge in [-0.15, -0.1) is 0 Å². The third-order valence-electron chi connectivity index (χ3n) is 4.06. The lowest BCUT2D eigenvalue weighted by atomic mass is 10.1. The van der Waals surface area contributed by atoms with Gasteiger partial charge in [0.15, 0.2) is 5.84 Å². The molecule has 19 heavy (non-hydrogen) atoms. The van der Waals surface area contributed by atoms with Gasteiger partial charge in [-0.05, 0) is 62.3 Å². The number of anilines is 1. The van der Waals surface area contributed by atoms with E-state index in [1.165, 1.54) is 37.9 Å². The molecule has 0 unspecified atom stereocenters. The van der Waals surface area contributed by atoms with E-state index in [-0.39, 0.29) is 5.84 Å². The molecule has 0 aliphatic heterocycles. The largest absolute Gasteiger partial charge is 0.409 e. The highest BCUT2D eigenvalue weighted by molar-refractivity contribution is 5.98. The van der Waals surface area contributed by atoms with Crippen LogP contribution in [0, 0.1) is 12.8 Å². The second-order valence-electron chi connectivity index (χ2n) is 5.81. The van der Waals surface area contributed by atoms with Crippen LogP contribution in [-0.2, 0) is 0 Å². The first-order chi connectivity index (χ1) is 9.19. The summed E-state index contributed by atoms with van der Waals surface area (Å²) in [4.78, 5) is 2.54. The van der Waals surface area contributed by atoms with Crippen molar-refractivity contribution in [3.05, 3.63) is 29.3 Å². The lowest BCUT2D eigenvalue weighted by Crippen LogP contribution is -2.28. The Hall–Kier alpha value is -1.71. The highest BCUT2D eigenvalue weighted by Crippen LogP contribution is 2.38. The highest BCUT2D eigenvalue weighted by Gasteiger charge is 2.33. The SMILES string of the molecule is Cc1cc(N(CC2CC2)C2CC2)ccc1/C(N)=N/O. The minimum absolute atomic E-state index is 0.184. The maximum Gasteiger partial charge on any atom is 0.170 e. The van der Waals surface area contributed by atoms with E-state index in [1.807, 2.05) is 13.0 Å². The summed E-state index contributed by atoms with van der Waals surface area (Å²) < 4.78 is 0. The molecule has 0 spiro atoms. The first kappa shape index (κ1) is 12.3. The summed E-state index contributed by atoms with van der Waals surface area (Å²) in [5.74, 6) is 1.08. The third kappa shape index (κ3) is 2.67. The van der Waals surface area contributed by atoms with Crippen molar-refractivity contribution >= 4 is 11.5 Å². The van der Waals surface area contributed by atoms with Crippen molar-refractivity contribution in [1.82, 2.24) is 0 Å². The number of hydrogen-bond donors (Lipinski definition) is 2. The van der Waals surface area contributed by atoms with Crippen LogP contribution in [0.5, 0.6) is 0 Å². The normalized spacial score (nSPS) is 19.5. The zero-order valence-corrected chi connectivity index (χ0v) is 11.3. The van der Waals surface area contributed by atoms with Gasteiger partial charge in [0, 0.05) is 23.8 Å². The lowest BCUT2D eigenvalue weighted by molar-refractivity contribution is 0.318. The predicted molar refractivity (Wildman–Crippen MR) is 76.8 cm³/mol. The molecule has 1 aromatic rings. The number of hydrogen-bond acceptors (Lipinski definition) is 3. The van der Waals surface area contributed by atoms with Crippen molar-refractivity contribution in [3.63, 3.8) is 0 Å². The molecule has 0 heterocycles. The molecule has 2 aliphatic carbocycles. The van der Waals surface area contributed by atoms with E-state index in [4.69, 9.17) is 10.9 Å². The van der Waals surface area contributed by atoms with Crippen LogP contribution in [0.15, 0.2) is 23.4 Å². The smallest absolute Gasteiger partial charge is 0.170 e. The van der Waals surface area contributed by atoms with E-state index in [9.17, 15) is 0 Å². The summed E-state index contributed by atoms with van der Waals surface area (Å²) in [5.41, 5.74) is 8.83. The Morgan fingerprint density at radius 3 is 2.63 bits per heavy atom. The van der Waals surface area contributed by atoms with Crippen LogP contribution in [0.25, 0.3) is 0 Å². The fraction of sp³-hybridized carbons (Fsp3) is 0.533. The Bertz CT molecular complexity index is 504. The van der Waals surface area contributed by atoms with Gasteiger partial charge in [0.25, 0.3) is 0 Å². The second kappa shape index (κ2) is 4.76. The van der Waals surface area contributed by atoms with Crippen molar-refractivity contribution in [2.24, 2.45) is 16.8 Å². The summed E-state index contributed by atoms with van der Waals surface area (Å²) in [6.07, 6.45) is 5.39. The first-order valence-corrected chi connectivity index (χ1v) is 7.04. The Kier molecular flexibility index (Phi) is 3.09. The Morgan fingerprint density at radius 1 is 1.37 bits per heavy atom. The van der Waals surface area contributed by atoms with E-state index in [2.05, 4.69) is 22.2 Å². The number of rotatable bonds is 5. The van der Waals surface area contributed by atoms with Crippen LogP contribution in [0.2, 0.25) is 0 Å². The number of nitrogens with two attached hydrogens (primary N) is 1. The van der Waals surface area contributed by atoms with E-state index in [1.54, 1.807) is 0 Å². The lowest BCUT2D eigenvalue weighted by Gasteiger charge is -2.25. The van der Waals surface area contributed by atoms with Gasteiger partial charge >= 0.3 is 0 Å². The summed E-state index contributed by atoms with van der Waals surface area (Å²) in [6.45, 7) is 3.20. The predicted octanol–water partition coefficient (Wildman–Crippen LogP) is 2.47. The van der Waals surface area contributed by atoms with E-state index in [0.717, 1.165) is 23.1 Å². The summed E-state index contributed by atoms with van der Waals surface area (Å²) in [7, 11) is 0. The van der Waals surface area contributed by atoms with Crippen LogP contribution in [0.1, 0.15) is 36.8 Å². The zero-order valence-electron chi connectivity index (χ0n) is 11.3. The van der Waals surface area contributed by atoms with Gasteiger partial charge in [-0.3, -0.25) is 0 Å². The Morgan fingerprint density at radius 2 is 2.11 bits per heavy atom. The molecule has 0 bridgehead atoms. The monoisotopic (exact) mass is 259 g/mol. The number of oxime groups is 1. The van der Waals surface area contributed by atoms with Crippen molar-refractivity contribution < 1.29 is 5.21 Å². The van der Waals surface area contributed by atoms with E-state index < -0.39 is 0 Å². The molecular formula is C15H21N3O. The molecule has 3 rings (SSSR count). The molecule has 4 heteroatoms. The minimum atomic E-state index is 0.184. The van der Waals surface area contributed by atoms with Gasteiger partial charge in [-0.2, -0.15) is 0 Å². The third-order valence-corrected chi connectivity index (χ3v) is 4.06. The van der Waals surface area contributed by atoms with Gasteiger partial charge < -0.3 is 15.8 Å². The van der Waals surface area contributed by atoms with Crippen LogP contribution >= 0.6 is 0 Å². The van der Waals surface area contributed by atoms with Crippen molar-refractivity contribution in [1.29, 1.82) is 0 Å². The molecule has 2 saturated carbocycles. The van der Waals surface area contributed by atoms with Gasteiger partial charge in [0.2, 0.25) is 0 Å². The Labute approximate surface area is 113 Å².